The molecule has 1 amide bonds. The van der Waals surface area contributed by atoms with Gasteiger partial charge in [0, 0.05) is 17.1 Å². The van der Waals surface area contributed by atoms with Crippen molar-refractivity contribution in [2.45, 2.75) is 6.42 Å². The van der Waals surface area contributed by atoms with Crippen molar-refractivity contribution < 1.29 is 19.0 Å². The van der Waals surface area contributed by atoms with Gasteiger partial charge in [0.15, 0.2) is 11.5 Å². The second-order valence-electron chi connectivity index (χ2n) is 6.35. The van der Waals surface area contributed by atoms with Crippen LogP contribution < -0.4 is 24.8 Å². The lowest BCUT2D eigenvalue weighted by Crippen LogP contribution is -2.14. The monoisotopic (exact) mass is 392 g/mol. The van der Waals surface area contributed by atoms with Crippen LogP contribution >= 0.6 is 0 Å². The lowest BCUT2D eigenvalue weighted by Gasteiger charge is -2.11. The third kappa shape index (κ3) is 5.42. The highest BCUT2D eigenvalue weighted by Gasteiger charge is 2.09. The Morgan fingerprint density at radius 3 is 1.90 bits per heavy atom. The Kier molecular flexibility index (Phi) is 6.58. The summed E-state index contributed by atoms with van der Waals surface area (Å²) >= 11 is 0. The fraction of sp³-hybridized carbons (Fsp3) is 0.174. The summed E-state index contributed by atoms with van der Waals surface area (Å²) in [6.07, 6.45) is 0.242. The van der Waals surface area contributed by atoms with Gasteiger partial charge in [0.05, 0.1) is 27.8 Å². The average molecular weight is 392 g/mol. The lowest BCUT2D eigenvalue weighted by molar-refractivity contribution is -0.115. The van der Waals surface area contributed by atoms with Crippen LogP contribution in [0.1, 0.15) is 5.56 Å². The highest BCUT2D eigenvalue weighted by Crippen LogP contribution is 2.28. The van der Waals surface area contributed by atoms with Gasteiger partial charge in [0.25, 0.3) is 0 Å². The van der Waals surface area contributed by atoms with E-state index < -0.39 is 0 Å². The molecule has 2 N–H and O–H groups in total. The van der Waals surface area contributed by atoms with Gasteiger partial charge in [-0.3, -0.25) is 4.79 Å². The molecular weight excluding hydrogens is 368 g/mol. The van der Waals surface area contributed by atoms with Gasteiger partial charge in [0.2, 0.25) is 5.91 Å². The van der Waals surface area contributed by atoms with E-state index in [0.29, 0.717) is 11.5 Å². The number of hydrogen-bond acceptors (Lipinski definition) is 5. The predicted octanol–water partition coefficient (Wildman–Crippen LogP) is 4.64. The largest absolute Gasteiger partial charge is 0.497 e. The van der Waals surface area contributed by atoms with Gasteiger partial charge in [-0.2, -0.15) is 0 Å². The predicted molar refractivity (Wildman–Crippen MR) is 115 cm³/mol. The minimum absolute atomic E-state index is 0.104. The number of benzene rings is 3. The second-order valence-corrected chi connectivity index (χ2v) is 6.35. The minimum atomic E-state index is -0.104. The summed E-state index contributed by atoms with van der Waals surface area (Å²) in [5.74, 6) is 1.94. The highest BCUT2D eigenvalue weighted by atomic mass is 16.5. The molecule has 0 unspecified atom stereocenters. The quantitative estimate of drug-likeness (QED) is 0.585. The average Bonchev–Trinajstić information content (AvgIpc) is 2.75. The molecule has 3 aromatic carbocycles. The fourth-order valence-electron chi connectivity index (χ4n) is 2.86. The maximum absolute atomic E-state index is 12.4. The molecule has 0 aromatic heterocycles. The summed E-state index contributed by atoms with van der Waals surface area (Å²) in [4.78, 5) is 12.4. The van der Waals surface area contributed by atoms with Crippen LogP contribution in [0.25, 0.3) is 0 Å². The molecule has 0 aliphatic carbocycles. The summed E-state index contributed by atoms with van der Waals surface area (Å²) in [6, 6.07) is 20.7. The number of ether oxygens (including phenoxy) is 3. The molecule has 0 atom stereocenters. The summed E-state index contributed by atoms with van der Waals surface area (Å²) in [6.45, 7) is 0. The molecule has 0 aliphatic rings. The van der Waals surface area contributed by atoms with E-state index in [4.69, 9.17) is 14.2 Å². The molecule has 0 radical (unpaired) electrons. The molecule has 150 valence electrons. The number of nitrogens with one attached hydrogen (secondary N) is 2. The Bertz CT molecular complexity index is 954. The Morgan fingerprint density at radius 2 is 1.31 bits per heavy atom. The van der Waals surface area contributed by atoms with Crippen molar-refractivity contribution in [3.8, 4) is 17.2 Å². The zero-order valence-electron chi connectivity index (χ0n) is 16.7. The first-order chi connectivity index (χ1) is 14.1. The van der Waals surface area contributed by atoms with E-state index in [1.807, 2.05) is 54.6 Å². The second kappa shape index (κ2) is 9.50. The summed E-state index contributed by atoms with van der Waals surface area (Å²) < 4.78 is 15.7. The summed E-state index contributed by atoms with van der Waals surface area (Å²) in [7, 11) is 4.79. The molecule has 6 heteroatoms. The fourth-order valence-corrected chi connectivity index (χ4v) is 2.86. The molecule has 0 spiro atoms. The van der Waals surface area contributed by atoms with Gasteiger partial charge >= 0.3 is 0 Å². The molecule has 6 nitrogen and oxygen atoms in total. The van der Waals surface area contributed by atoms with Crippen molar-refractivity contribution in [3.63, 3.8) is 0 Å². The molecule has 0 fully saturated rings. The standard InChI is InChI=1S/C23H24N2O4/c1-27-20-11-9-18(10-12-20)24-17-5-7-19(8-6-17)25-23(26)15-16-4-13-21(28-2)22(14-16)29-3/h4-14,24H,15H2,1-3H3,(H,25,26). The van der Waals surface area contributed by atoms with E-state index >= 15 is 0 Å². The Balaban J connectivity index is 1.58. The van der Waals surface area contributed by atoms with Crippen molar-refractivity contribution in [1.29, 1.82) is 0 Å². The maximum Gasteiger partial charge on any atom is 0.228 e. The Hall–Kier alpha value is -3.67. The number of amides is 1. The minimum Gasteiger partial charge on any atom is -0.497 e. The van der Waals surface area contributed by atoms with Crippen molar-refractivity contribution in [1.82, 2.24) is 0 Å². The molecule has 3 aromatic rings. The first kappa shape index (κ1) is 20.1. The zero-order chi connectivity index (χ0) is 20.6. The van der Waals surface area contributed by atoms with Crippen molar-refractivity contribution in [2.75, 3.05) is 32.0 Å². The smallest absolute Gasteiger partial charge is 0.228 e. The van der Waals surface area contributed by atoms with E-state index in [0.717, 1.165) is 28.4 Å². The van der Waals surface area contributed by atoms with Crippen LogP contribution in [0.3, 0.4) is 0 Å². The highest BCUT2D eigenvalue weighted by molar-refractivity contribution is 5.92. The first-order valence-electron chi connectivity index (χ1n) is 9.13. The molecule has 0 bridgehead atoms. The topological polar surface area (TPSA) is 68.8 Å². The maximum atomic E-state index is 12.4. The lowest BCUT2D eigenvalue weighted by atomic mass is 10.1. The van der Waals surface area contributed by atoms with Gasteiger partial charge in [-0.25, -0.2) is 0 Å². The van der Waals surface area contributed by atoms with Crippen LogP contribution in [0.5, 0.6) is 17.2 Å². The number of carbonyl (C=O) groups excluding carboxylic acids is 1. The van der Waals surface area contributed by atoms with Crippen LogP contribution in [0.15, 0.2) is 66.7 Å². The molecular formula is C23H24N2O4. The van der Waals surface area contributed by atoms with Crippen molar-refractivity contribution >= 4 is 23.0 Å². The number of carbonyl (C=O) groups is 1. The van der Waals surface area contributed by atoms with E-state index in [1.165, 1.54) is 0 Å². The Morgan fingerprint density at radius 1 is 0.724 bits per heavy atom. The van der Waals surface area contributed by atoms with Crippen LogP contribution in [0, 0.1) is 0 Å². The van der Waals surface area contributed by atoms with Crippen molar-refractivity contribution in [3.05, 3.63) is 72.3 Å². The van der Waals surface area contributed by atoms with Crippen molar-refractivity contribution in [2.24, 2.45) is 0 Å². The first-order valence-corrected chi connectivity index (χ1v) is 9.13. The van der Waals surface area contributed by atoms with Gasteiger partial charge in [0.1, 0.15) is 5.75 Å². The molecule has 0 saturated heterocycles. The van der Waals surface area contributed by atoms with Gasteiger partial charge in [-0.05, 0) is 66.2 Å². The van der Waals surface area contributed by atoms with Crippen LogP contribution in [0.2, 0.25) is 0 Å². The zero-order valence-corrected chi connectivity index (χ0v) is 16.7. The molecule has 0 heterocycles. The van der Waals surface area contributed by atoms with E-state index in [9.17, 15) is 4.79 Å². The van der Waals surface area contributed by atoms with Gasteiger partial charge in [-0.15, -0.1) is 0 Å². The number of hydrogen-bond donors (Lipinski definition) is 2. The van der Waals surface area contributed by atoms with Crippen LogP contribution in [-0.4, -0.2) is 27.2 Å². The van der Waals surface area contributed by atoms with E-state index in [2.05, 4.69) is 10.6 Å². The molecule has 29 heavy (non-hydrogen) atoms. The number of anilines is 3. The van der Waals surface area contributed by atoms with E-state index in [-0.39, 0.29) is 12.3 Å². The number of methoxy groups -OCH3 is 3. The summed E-state index contributed by atoms with van der Waals surface area (Å²) in [5.41, 5.74) is 3.46. The van der Waals surface area contributed by atoms with Gasteiger partial charge in [-0.1, -0.05) is 6.07 Å². The normalized spacial score (nSPS) is 10.2. The van der Waals surface area contributed by atoms with E-state index in [1.54, 1.807) is 33.5 Å². The Labute approximate surface area is 170 Å². The molecule has 0 aliphatic heterocycles. The molecule has 3 rings (SSSR count). The SMILES string of the molecule is COc1ccc(Nc2ccc(NC(=O)Cc3ccc(OC)c(OC)c3)cc2)cc1. The third-order valence-electron chi connectivity index (χ3n) is 4.36. The molecule has 0 saturated carbocycles. The van der Waals surface area contributed by atoms with Gasteiger partial charge < -0.3 is 24.8 Å². The van der Waals surface area contributed by atoms with Crippen LogP contribution in [-0.2, 0) is 11.2 Å². The summed E-state index contributed by atoms with van der Waals surface area (Å²) in [5, 5.41) is 6.21. The van der Waals surface area contributed by atoms with Crippen LogP contribution in [0.4, 0.5) is 17.1 Å². The third-order valence-corrected chi connectivity index (χ3v) is 4.36. The number of rotatable bonds is 8.